The fraction of sp³-hybridized carbons (Fsp3) is 0.650. The third-order valence-electron chi connectivity index (χ3n) is 5.60. The Bertz CT molecular complexity index is 572. The van der Waals surface area contributed by atoms with E-state index < -0.39 is 6.10 Å². The molecule has 5 nitrogen and oxygen atoms in total. The quantitative estimate of drug-likeness (QED) is 0.742. The van der Waals surface area contributed by atoms with Crippen LogP contribution in [0.3, 0.4) is 0 Å². The molecule has 138 valence electrons. The van der Waals surface area contributed by atoms with E-state index in [1.165, 1.54) is 32.2 Å². The Hall–Kier alpha value is -1.59. The van der Waals surface area contributed by atoms with E-state index in [1.807, 2.05) is 31.2 Å². The van der Waals surface area contributed by atoms with Crippen LogP contribution in [0.1, 0.15) is 49.3 Å². The van der Waals surface area contributed by atoms with Crippen molar-refractivity contribution in [3.63, 3.8) is 0 Å². The van der Waals surface area contributed by atoms with Gasteiger partial charge in [-0.3, -0.25) is 0 Å². The Morgan fingerprint density at radius 1 is 1.28 bits per heavy atom. The fourth-order valence-corrected chi connectivity index (χ4v) is 4.17. The van der Waals surface area contributed by atoms with Crippen LogP contribution in [0.25, 0.3) is 0 Å². The summed E-state index contributed by atoms with van der Waals surface area (Å²) >= 11 is 0. The molecule has 3 rings (SSSR count). The van der Waals surface area contributed by atoms with Gasteiger partial charge in [0, 0.05) is 32.2 Å². The predicted molar refractivity (Wildman–Crippen MR) is 99.5 cm³/mol. The highest BCUT2D eigenvalue weighted by atomic mass is 16.3. The summed E-state index contributed by atoms with van der Waals surface area (Å²) < 4.78 is 0. The number of carbonyl (C=O) groups is 1. The lowest BCUT2D eigenvalue weighted by molar-refractivity contribution is 0.171. The van der Waals surface area contributed by atoms with Gasteiger partial charge in [0.1, 0.15) is 0 Å². The van der Waals surface area contributed by atoms with Crippen molar-refractivity contribution in [1.29, 1.82) is 0 Å². The number of aliphatic hydroxyl groups is 1. The minimum Gasteiger partial charge on any atom is -0.387 e. The third kappa shape index (κ3) is 5.19. The van der Waals surface area contributed by atoms with Gasteiger partial charge in [-0.25, -0.2) is 4.79 Å². The number of likely N-dealkylation sites (tertiary alicyclic amines) is 1. The van der Waals surface area contributed by atoms with Crippen LogP contribution in [0.5, 0.6) is 0 Å². The molecular weight excluding hydrogens is 314 g/mol. The molecule has 0 bridgehead atoms. The first kappa shape index (κ1) is 18.2. The van der Waals surface area contributed by atoms with Crippen molar-refractivity contribution in [1.82, 2.24) is 15.5 Å². The molecule has 1 aromatic rings. The first-order valence-corrected chi connectivity index (χ1v) is 9.62. The molecule has 0 spiro atoms. The molecule has 1 aromatic carbocycles. The number of nitrogens with zero attached hydrogens (tertiary/aromatic N) is 1. The first-order valence-electron chi connectivity index (χ1n) is 9.62. The second kappa shape index (κ2) is 8.68. The molecule has 0 radical (unpaired) electrons. The lowest BCUT2D eigenvalue weighted by atomic mass is 10.0. The summed E-state index contributed by atoms with van der Waals surface area (Å²) in [4.78, 5) is 14.6. The molecule has 1 aliphatic heterocycles. The summed E-state index contributed by atoms with van der Waals surface area (Å²) in [7, 11) is 0. The van der Waals surface area contributed by atoms with E-state index in [9.17, 15) is 9.90 Å². The van der Waals surface area contributed by atoms with Crippen LogP contribution in [0.2, 0.25) is 0 Å². The topological polar surface area (TPSA) is 64.6 Å². The van der Waals surface area contributed by atoms with E-state index in [0.29, 0.717) is 0 Å². The van der Waals surface area contributed by atoms with Crippen molar-refractivity contribution in [2.24, 2.45) is 5.92 Å². The molecule has 2 amide bonds. The van der Waals surface area contributed by atoms with Crippen LogP contribution < -0.4 is 10.6 Å². The van der Waals surface area contributed by atoms with Gasteiger partial charge >= 0.3 is 6.03 Å². The van der Waals surface area contributed by atoms with Crippen molar-refractivity contribution < 1.29 is 9.90 Å². The number of hydrogen-bond acceptors (Lipinski definition) is 3. The molecule has 1 saturated heterocycles. The number of hydrogen-bond donors (Lipinski definition) is 3. The Morgan fingerprint density at radius 2 is 2.04 bits per heavy atom. The van der Waals surface area contributed by atoms with Gasteiger partial charge in [0.05, 0.1) is 6.10 Å². The minimum absolute atomic E-state index is 0.180. The van der Waals surface area contributed by atoms with E-state index in [-0.39, 0.29) is 18.6 Å². The molecule has 25 heavy (non-hydrogen) atoms. The molecule has 2 aliphatic rings. The first-order chi connectivity index (χ1) is 12.1. The Labute approximate surface area is 150 Å². The van der Waals surface area contributed by atoms with Crippen LogP contribution in [0.15, 0.2) is 24.3 Å². The summed E-state index contributed by atoms with van der Waals surface area (Å²) in [6, 6.07) is 7.76. The zero-order chi connectivity index (χ0) is 17.6. The lowest BCUT2D eigenvalue weighted by Gasteiger charge is -2.20. The maximum absolute atomic E-state index is 12.1. The zero-order valence-electron chi connectivity index (χ0n) is 15.2. The molecule has 2 fully saturated rings. The third-order valence-corrected chi connectivity index (χ3v) is 5.60. The number of amides is 2. The van der Waals surface area contributed by atoms with Crippen molar-refractivity contribution in [3.8, 4) is 0 Å². The second-order valence-corrected chi connectivity index (χ2v) is 7.62. The molecule has 3 N–H and O–H groups in total. The molecule has 1 heterocycles. The highest BCUT2D eigenvalue weighted by molar-refractivity contribution is 5.74. The van der Waals surface area contributed by atoms with Crippen LogP contribution in [0.4, 0.5) is 4.79 Å². The predicted octanol–water partition coefficient (Wildman–Crippen LogP) is 2.59. The second-order valence-electron chi connectivity index (χ2n) is 7.62. The van der Waals surface area contributed by atoms with Gasteiger partial charge in [0.15, 0.2) is 0 Å². The summed E-state index contributed by atoms with van der Waals surface area (Å²) in [6.07, 6.45) is 5.84. The zero-order valence-corrected chi connectivity index (χ0v) is 15.2. The number of aryl methyl sites for hydroxylation is 1. The average Bonchev–Trinajstić information content (AvgIpc) is 3.26. The summed E-state index contributed by atoms with van der Waals surface area (Å²) in [5, 5.41) is 16.1. The Morgan fingerprint density at radius 3 is 2.80 bits per heavy atom. The van der Waals surface area contributed by atoms with Crippen LogP contribution >= 0.6 is 0 Å². The van der Waals surface area contributed by atoms with Crippen molar-refractivity contribution in [2.75, 3.05) is 26.2 Å². The van der Waals surface area contributed by atoms with Crippen LogP contribution in [-0.2, 0) is 0 Å². The van der Waals surface area contributed by atoms with Gasteiger partial charge in [-0.1, -0.05) is 37.1 Å². The standard InChI is InChI=1S/C20H31N3O2/c1-15-6-2-5-9-18(15)19(24)12-21-20(25)22-17-10-11-23(14-17)13-16-7-3-4-8-16/h2,5-6,9,16-17,19,24H,3-4,7-8,10-14H2,1H3,(H2,21,22,25). The highest BCUT2D eigenvalue weighted by Crippen LogP contribution is 2.26. The molecular formula is C20H31N3O2. The molecule has 1 aliphatic carbocycles. The molecule has 1 saturated carbocycles. The van der Waals surface area contributed by atoms with E-state index >= 15 is 0 Å². The maximum atomic E-state index is 12.1. The normalized spacial score (nSPS) is 22.9. The Balaban J connectivity index is 1.37. The summed E-state index contributed by atoms with van der Waals surface area (Å²) in [5.74, 6) is 0.858. The number of aliphatic hydroxyl groups excluding tert-OH is 1. The van der Waals surface area contributed by atoms with Crippen LogP contribution in [0, 0.1) is 12.8 Å². The van der Waals surface area contributed by atoms with E-state index in [2.05, 4.69) is 15.5 Å². The highest BCUT2D eigenvalue weighted by Gasteiger charge is 2.27. The van der Waals surface area contributed by atoms with Crippen molar-refractivity contribution in [2.45, 2.75) is 51.2 Å². The van der Waals surface area contributed by atoms with Crippen molar-refractivity contribution in [3.05, 3.63) is 35.4 Å². The maximum Gasteiger partial charge on any atom is 0.315 e. The summed E-state index contributed by atoms with van der Waals surface area (Å²) in [5.41, 5.74) is 1.90. The molecule has 2 atom stereocenters. The number of benzene rings is 1. The molecule has 5 heteroatoms. The van der Waals surface area contributed by atoms with Gasteiger partial charge < -0.3 is 20.6 Å². The largest absolute Gasteiger partial charge is 0.387 e. The van der Waals surface area contributed by atoms with Crippen LogP contribution in [-0.4, -0.2) is 48.3 Å². The number of urea groups is 1. The summed E-state index contributed by atoms with van der Waals surface area (Å²) in [6.45, 7) is 5.41. The SMILES string of the molecule is Cc1ccccc1C(O)CNC(=O)NC1CCN(CC2CCCC2)C1. The Kier molecular flexibility index (Phi) is 6.32. The van der Waals surface area contributed by atoms with Gasteiger partial charge in [0.25, 0.3) is 0 Å². The van der Waals surface area contributed by atoms with E-state index in [0.717, 1.165) is 36.6 Å². The van der Waals surface area contributed by atoms with E-state index in [1.54, 1.807) is 0 Å². The molecule has 2 unspecified atom stereocenters. The minimum atomic E-state index is -0.672. The van der Waals surface area contributed by atoms with Gasteiger partial charge in [-0.05, 0) is 43.2 Å². The van der Waals surface area contributed by atoms with E-state index in [4.69, 9.17) is 0 Å². The average molecular weight is 345 g/mol. The lowest BCUT2D eigenvalue weighted by Crippen LogP contribution is -2.44. The van der Waals surface area contributed by atoms with Crippen molar-refractivity contribution >= 4 is 6.03 Å². The monoisotopic (exact) mass is 345 g/mol. The smallest absolute Gasteiger partial charge is 0.315 e. The van der Waals surface area contributed by atoms with Gasteiger partial charge in [0.2, 0.25) is 0 Å². The van der Waals surface area contributed by atoms with Gasteiger partial charge in [-0.15, -0.1) is 0 Å². The number of nitrogens with one attached hydrogen (secondary N) is 2. The number of rotatable bonds is 6. The van der Waals surface area contributed by atoms with Gasteiger partial charge in [-0.2, -0.15) is 0 Å². The molecule has 0 aromatic heterocycles. The fourth-order valence-electron chi connectivity index (χ4n) is 4.17. The number of carbonyl (C=O) groups excluding carboxylic acids is 1.